The summed E-state index contributed by atoms with van der Waals surface area (Å²) >= 11 is 6.00. The Morgan fingerprint density at radius 2 is 2.15 bits per heavy atom. The smallest absolute Gasteiger partial charge is 0.258 e. The monoisotopic (exact) mass is 294 g/mol. The minimum absolute atomic E-state index is 0.231. The molecule has 4 nitrogen and oxygen atoms in total. The maximum absolute atomic E-state index is 13.1. The van der Waals surface area contributed by atoms with E-state index in [1.807, 2.05) is 0 Å². The average Bonchev–Trinajstić information content (AvgIpc) is 2.40. The van der Waals surface area contributed by atoms with E-state index in [0.717, 1.165) is 0 Å². The highest BCUT2D eigenvalue weighted by atomic mass is 35.5. The van der Waals surface area contributed by atoms with E-state index in [1.54, 1.807) is 13.0 Å². The first kappa shape index (κ1) is 14.3. The maximum atomic E-state index is 13.1. The molecule has 20 heavy (non-hydrogen) atoms. The Labute approximate surface area is 120 Å². The second-order valence-corrected chi connectivity index (χ2v) is 4.51. The Kier molecular flexibility index (Phi) is 4.20. The third-order valence-corrected chi connectivity index (χ3v) is 2.96. The van der Waals surface area contributed by atoms with Crippen LogP contribution in [0.3, 0.4) is 0 Å². The van der Waals surface area contributed by atoms with Crippen LogP contribution in [0.25, 0.3) is 0 Å². The lowest BCUT2D eigenvalue weighted by Crippen LogP contribution is -2.13. The van der Waals surface area contributed by atoms with Crippen LogP contribution in [-0.4, -0.2) is 18.0 Å². The molecule has 0 fully saturated rings. The highest BCUT2D eigenvalue weighted by Gasteiger charge is 2.14. The SMILES string of the molecule is COc1cc(F)ccc1NC(=O)c1cnc(C)cc1Cl. The zero-order chi connectivity index (χ0) is 14.7. The van der Waals surface area contributed by atoms with E-state index in [-0.39, 0.29) is 11.3 Å². The minimum Gasteiger partial charge on any atom is -0.494 e. The molecule has 104 valence electrons. The van der Waals surface area contributed by atoms with Gasteiger partial charge >= 0.3 is 0 Å². The van der Waals surface area contributed by atoms with E-state index in [2.05, 4.69) is 10.3 Å². The molecular formula is C14H12ClFN2O2. The van der Waals surface area contributed by atoms with Crippen LogP contribution < -0.4 is 10.1 Å². The van der Waals surface area contributed by atoms with Crippen LogP contribution >= 0.6 is 11.6 Å². The molecule has 1 aromatic heterocycles. The molecule has 1 amide bonds. The van der Waals surface area contributed by atoms with Crippen LogP contribution in [0.2, 0.25) is 5.02 Å². The van der Waals surface area contributed by atoms with Crippen LogP contribution in [0.4, 0.5) is 10.1 Å². The predicted molar refractivity (Wildman–Crippen MR) is 74.9 cm³/mol. The molecule has 0 aliphatic rings. The van der Waals surface area contributed by atoms with Gasteiger partial charge < -0.3 is 10.1 Å². The molecule has 2 aromatic rings. The van der Waals surface area contributed by atoms with Crippen LogP contribution in [0, 0.1) is 12.7 Å². The van der Waals surface area contributed by atoms with Crippen molar-refractivity contribution in [3.63, 3.8) is 0 Å². The zero-order valence-electron chi connectivity index (χ0n) is 10.9. The summed E-state index contributed by atoms with van der Waals surface area (Å²) in [5.74, 6) is -0.656. The number of benzene rings is 1. The summed E-state index contributed by atoms with van der Waals surface area (Å²) in [6.45, 7) is 1.77. The number of rotatable bonds is 3. The molecule has 6 heteroatoms. The Balaban J connectivity index is 2.28. The third-order valence-electron chi connectivity index (χ3n) is 2.65. The van der Waals surface area contributed by atoms with Crippen molar-refractivity contribution in [2.75, 3.05) is 12.4 Å². The Hall–Kier alpha value is -2.14. The normalized spacial score (nSPS) is 10.2. The van der Waals surface area contributed by atoms with E-state index in [4.69, 9.17) is 16.3 Å². The number of amides is 1. The van der Waals surface area contributed by atoms with Crippen molar-refractivity contribution in [2.45, 2.75) is 6.92 Å². The number of halogens is 2. The molecule has 0 saturated heterocycles. The largest absolute Gasteiger partial charge is 0.494 e. The highest BCUT2D eigenvalue weighted by molar-refractivity contribution is 6.34. The van der Waals surface area contributed by atoms with E-state index in [0.29, 0.717) is 16.4 Å². The topological polar surface area (TPSA) is 51.2 Å². The molecule has 1 heterocycles. The maximum Gasteiger partial charge on any atom is 0.258 e. The first-order chi connectivity index (χ1) is 9.51. The molecule has 0 bridgehead atoms. The molecular weight excluding hydrogens is 283 g/mol. The van der Waals surface area contributed by atoms with Crippen molar-refractivity contribution in [3.8, 4) is 5.75 Å². The van der Waals surface area contributed by atoms with Crippen molar-refractivity contribution in [1.29, 1.82) is 0 Å². The van der Waals surface area contributed by atoms with E-state index >= 15 is 0 Å². The fraction of sp³-hybridized carbons (Fsp3) is 0.143. The molecule has 0 aliphatic carbocycles. The number of nitrogens with zero attached hydrogens (tertiary/aromatic N) is 1. The van der Waals surface area contributed by atoms with Crippen molar-refractivity contribution >= 4 is 23.2 Å². The quantitative estimate of drug-likeness (QED) is 0.943. The first-order valence-electron chi connectivity index (χ1n) is 5.78. The first-order valence-corrected chi connectivity index (χ1v) is 6.16. The number of hydrogen-bond acceptors (Lipinski definition) is 3. The minimum atomic E-state index is -0.449. The third kappa shape index (κ3) is 3.05. The molecule has 1 aromatic carbocycles. The second kappa shape index (κ2) is 5.88. The number of ether oxygens (including phenoxy) is 1. The Morgan fingerprint density at radius 1 is 1.40 bits per heavy atom. The van der Waals surface area contributed by atoms with Crippen LogP contribution in [0.5, 0.6) is 5.75 Å². The average molecular weight is 295 g/mol. The van der Waals surface area contributed by atoms with E-state index in [1.165, 1.54) is 31.5 Å². The summed E-state index contributed by atoms with van der Waals surface area (Å²) in [6, 6.07) is 5.43. The van der Waals surface area contributed by atoms with E-state index in [9.17, 15) is 9.18 Å². The van der Waals surface area contributed by atoms with Gasteiger partial charge in [-0.1, -0.05) is 11.6 Å². The van der Waals surface area contributed by atoms with Gasteiger partial charge in [0.15, 0.2) is 0 Å². The van der Waals surface area contributed by atoms with Gasteiger partial charge in [0, 0.05) is 18.0 Å². The number of pyridine rings is 1. The highest BCUT2D eigenvalue weighted by Crippen LogP contribution is 2.26. The molecule has 2 rings (SSSR count). The Bertz CT molecular complexity index is 662. The summed E-state index contributed by atoms with van der Waals surface area (Å²) in [5.41, 5.74) is 1.31. The summed E-state index contributed by atoms with van der Waals surface area (Å²) in [6.07, 6.45) is 1.39. The lowest BCUT2D eigenvalue weighted by molar-refractivity contribution is 0.102. The number of aromatic nitrogens is 1. The van der Waals surface area contributed by atoms with Gasteiger partial charge in [-0.05, 0) is 25.1 Å². The molecule has 0 radical (unpaired) electrons. The molecule has 0 saturated carbocycles. The summed E-state index contributed by atoms with van der Waals surface area (Å²) in [7, 11) is 1.39. The predicted octanol–water partition coefficient (Wildman–Crippen LogP) is 3.44. The van der Waals surface area contributed by atoms with E-state index < -0.39 is 11.7 Å². The van der Waals surface area contributed by atoms with Crippen LogP contribution in [0.15, 0.2) is 30.5 Å². The summed E-state index contributed by atoms with van der Waals surface area (Å²) in [5, 5.41) is 2.91. The van der Waals surface area contributed by atoms with Gasteiger partial charge in [-0.15, -0.1) is 0 Å². The standard InChI is InChI=1S/C14H12ClFN2O2/c1-8-5-11(15)10(7-17-8)14(19)18-12-4-3-9(16)6-13(12)20-2/h3-7H,1-2H3,(H,18,19). The lowest BCUT2D eigenvalue weighted by Gasteiger charge is -2.11. The van der Waals surface area contributed by atoms with Gasteiger partial charge in [0.25, 0.3) is 5.91 Å². The number of methoxy groups -OCH3 is 1. The number of carbonyl (C=O) groups excluding carboxylic acids is 1. The second-order valence-electron chi connectivity index (χ2n) is 4.10. The zero-order valence-corrected chi connectivity index (χ0v) is 11.7. The fourth-order valence-electron chi connectivity index (χ4n) is 1.65. The van der Waals surface area contributed by atoms with Gasteiger partial charge in [0.2, 0.25) is 0 Å². The molecule has 0 unspecified atom stereocenters. The number of anilines is 1. The number of aryl methyl sites for hydroxylation is 1. The van der Waals surface area contributed by atoms with Gasteiger partial charge in [0.05, 0.1) is 23.4 Å². The number of nitrogens with one attached hydrogen (secondary N) is 1. The van der Waals surface area contributed by atoms with Crippen molar-refractivity contribution < 1.29 is 13.9 Å². The molecule has 0 atom stereocenters. The number of carbonyl (C=O) groups is 1. The lowest BCUT2D eigenvalue weighted by atomic mass is 10.2. The molecule has 1 N–H and O–H groups in total. The van der Waals surface area contributed by atoms with Crippen molar-refractivity contribution in [1.82, 2.24) is 4.98 Å². The Morgan fingerprint density at radius 3 is 2.80 bits per heavy atom. The van der Waals surface area contributed by atoms with Gasteiger partial charge in [0.1, 0.15) is 11.6 Å². The van der Waals surface area contributed by atoms with Crippen molar-refractivity contribution in [3.05, 3.63) is 52.6 Å². The summed E-state index contributed by atoms with van der Waals surface area (Å²) in [4.78, 5) is 16.1. The summed E-state index contributed by atoms with van der Waals surface area (Å²) < 4.78 is 18.1. The van der Waals surface area contributed by atoms with Gasteiger partial charge in [-0.2, -0.15) is 0 Å². The molecule has 0 aliphatic heterocycles. The molecule has 0 spiro atoms. The van der Waals surface area contributed by atoms with Gasteiger partial charge in [-0.25, -0.2) is 4.39 Å². The van der Waals surface area contributed by atoms with Gasteiger partial charge in [-0.3, -0.25) is 9.78 Å². The van der Waals surface area contributed by atoms with Crippen LogP contribution in [0.1, 0.15) is 16.1 Å². The fourth-order valence-corrected chi connectivity index (χ4v) is 1.94. The number of hydrogen-bond donors (Lipinski definition) is 1. The van der Waals surface area contributed by atoms with Crippen LogP contribution in [-0.2, 0) is 0 Å². The van der Waals surface area contributed by atoms with Crippen molar-refractivity contribution in [2.24, 2.45) is 0 Å².